The number of carbonyl (C=O) groups excluding carboxylic acids is 2. The molecule has 252 valence electrons. The number of thiophene rings is 1. The fourth-order valence-corrected chi connectivity index (χ4v) is 8.62. The molecule has 1 fully saturated rings. The normalized spacial score (nSPS) is 22.3. The first-order chi connectivity index (χ1) is 22.6. The first-order valence-corrected chi connectivity index (χ1v) is 18.6. The van der Waals surface area contributed by atoms with Crippen LogP contribution in [0.25, 0.3) is 0 Å². The molecule has 47 heavy (non-hydrogen) atoms. The van der Waals surface area contributed by atoms with Crippen LogP contribution in [-0.4, -0.2) is 56.7 Å². The number of carboxylic acids is 1. The van der Waals surface area contributed by atoms with Crippen LogP contribution in [0, 0.1) is 5.92 Å². The van der Waals surface area contributed by atoms with Gasteiger partial charge in [0.2, 0.25) is 5.91 Å². The molecular weight excluding hydrogens is 633 g/mol. The maximum atomic E-state index is 13.1. The number of ether oxygens (including phenoxy) is 1. The maximum Gasteiger partial charge on any atom is 0.352 e. The zero-order valence-corrected chi connectivity index (χ0v) is 29.2. The number of nitrogens with zero attached hydrogens (tertiary/aromatic N) is 1. The molecule has 0 spiro atoms. The summed E-state index contributed by atoms with van der Waals surface area (Å²) in [6.07, 6.45) is 9.60. The summed E-state index contributed by atoms with van der Waals surface area (Å²) >= 11 is 2.93. The number of aliphatic carboxylic acids is 1. The summed E-state index contributed by atoms with van der Waals surface area (Å²) in [5, 5.41) is 26.2. The van der Waals surface area contributed by atoms with Gasteiger partial charge in [0.25, 0.3) is 5.91 Å². The minimum atomic E-state index is -1.14. The second-order valence-electron chi connectivity index (χ2n) is 13.0. The molecule has 0 unspecified atom stereocenters. The second kappa shape index (κ2) is 15.6. The van der Waals surface area contributed by atoms with Gasteiger partial charge in [-0.05, 0) is 93.0 Å². The van der Waals surface area contributed by atoms with Crippen molar-refractivity contribution >= 4 is 40.9 Å². The van der Waals surface area contributed by atoms with Crippen LogP contribution >= 0.6 is 23.1 Å². The lowest BCUT2D eigenvalue weighted by Crippen LogP contribution is -2.71. The van der Waals surface area contributed by atoms with E-state index in [1.54, 1.807) is 0 Å². The first kappa shape index (κ1) is 34.8. The van der Waals surface area contributed by atoms with Gasteiger partial charge in [-0.1, -0.05) is 49.6 Å². The highest BCUT2D eigenvalue weighted by Gasteiger charge is 2.53. The molecule has 0 radical (unpaired) electrons. The zero-order chi connectivity index (χ0) is 33.7. The highest BCUT2D eigenvalue weighted by Crippen LogP contribution is 2.47. The van der Waals surface area contributed by atoms with E-state index in [9.17, 15) is 24.6 Å². The average Bonchev–Trinajstić information content (AvgIpc) is 3.54. The fourth-order valence-electron chi connectivity index (χ4n) is 7.10. The summed E-state index contributed by atoms with van der Waals surface area (Å²) < 4.78 is 6.40. The Morgan fingerprint density at radius 3 is 2.72 bits per heavy atom. The van der Waals surface area contributed by atoms with Crippen molar-refractivity contribution in [3.63, 3.8) is 0 Å². The number of β-lactam (4-membered cyclic amide) rings is 1. The molecule has 0 saturated carbocycles. The van der Waals surface area contributed by atoms with Crippen molar-refractivity contribution in [3.8, 4) is 11.5 Å². The van der Waals surface area contributed by atoms with Crippen LogP contribution in [-0.2, 0) is 27.2 Å². The maximum absolute atomic E-state index is 13.1. The van der Waals surface area contributed by atoms with Crippen LogP contribution in [0.2, 0.25) is 0 Å². The molecule has 1 aromatic heterocycles. The number of rotatable bonds is 15. The van der Waals surface area contributed by atoms with Gasteiger partial charge in [0, 0.05) is 22.1 Å². The number of carbonyl (C=O) groups is 3. The van der Waals surface area contributed by atoms with Crippen LogP contribution in [0.15, 0.2) is 64.7 Å². The smallest absolute Gasteiger partial charge is 0.352 e. The van der Waals surface area contributed by atoms with E-state index in [4.69, 9.17) is 4.74 Å². The predicted octanol–water partition coefficient (Wildman–Crippen LogP) is 7.34. The molecule has 1 aromatic carbocycles. The third-order valence-electron chi connectivity index (χ3n) is 9.51. The average molecular weight is 679 g/mol. The van der Waals surface area contributed by atoms with Gasteiger partial charge in [0.1, 0.15) is 29.2 Å². The van der Waals surface area contributed by atoms with E-state index in [-0.39, 0.29) is 53.5 Å². The Morgan fingerprint density at radius 2 is 2.02 bits per heavy atom. The molecule has 1 saturated heterocycles. The van der Waals surface area contributed by atoms with E-state index < -0.39 is 12.0 Å². The van der Waals surface area contributed by atoms with Crippen molar-refractivity contribution in [2.45, 2.75) is 96.6 Å². The Kier molecular flexibility index (Phi) is 11.6. The van der Waals surface area contributed by atoms with Gasteiger partial charge in [0.05, 0.1) is 12.5 Å². The third-order valence-corrected chi connectivity index (χ3v) is 11.2. The minimum absolute atomic E-state index is 0.0193. The van der Waals surface area contributed by atoms with Crippen molar-refractivity contribution in [1.82, 2.24) is 10.2 Å². The molecule has 1 aliphatic carbocycles. The van der Waals surface area contributed by atoms with Gasteiger partial charge in [-0.3, -0.25) is 14.5 Å². The number of carboxylic acid groups (broad SMARTS) is 1. The molecular formula is C37H46N2O6S2. The summed E-state index contributed by atoms with van der Waals surface area (Å²) in [6.45, 7) is 10.6. The van der Waals surface area contributed by atoms with E-state index in [1.165, 1.54) is 33.6 Å². The summed E-state index contributed by atoms with van der Waals surface area (Å²) in [5.74, 6) is -0.0625. The number of phenols is 1. The number of allylic oxidation sites excluding steroid dienone is 3. The minimum Gasteiger partial charge on any atom is -0.507 e. The van der Waals surface area contributed by atoms with Crippen LogP contribution in [0.1, 0.15) is 87.6 Å². The van der Waals surface area contributed by atoms with Crippen molar-refractivity contribution in [1.29, 1.82) is 0 Å². The highest BCUT2D eigenvalue weighted by atomic mass is 32.2. The van der Waals surface area contributed by atoms with Gasteiger partial charge in [-0.2, -0.15) is 0 Å². The number of amides is 2. The number of nitrogens with one attached hydrogen (secondary N) is 1. The second-order valence-corrected chi connectivity index (χ2v) is 15.0. The van der Waals surface area contributed by atoms with Crippen molar-refractivity contribution in [3.05, 3.63) is 80.7 Å². The van der Waals surface area contributed by atoms with Gasteiger partial charge < -0.3 is 20.3 Å². The van der Waals surface area contributed by atoms with Crippen molar-refractivity contribution in [2.24, 2.45) is 5.92 Å². The van der Waals surface area contributed by atoms with E-state index in [0.717, 1.165) is 60.1 Å². The van der Waals surface area contributed by atoms with Crippen LogP contribution in [0.5, 0.6) is 11.5 Å². The quantitative estimate of drug-likeness (QED) is 0.0781. The summed E-state index contributed by atoms with van der Waals surface area (Å²) in [5.41, 5.74) is 4.88. The molecule has 2 aromatic rings. The topological polar surface area (TPSA) is 116 Å². The SMILES string of the molecule is C=C(C)[C@@H]1CCC(C)=C[C@H]1c1c(O)cc(CCCCC)cc1OCSCC1=C(C(=O)O)N2C(=O)[C@@H](NC(=O)Cc3cccs3)[C@H]2CC1. The van der Waals surface area contributed by atoms with Crippen LogP contribution in [0.3, 0.4) is 0 Å². The van der Waals surface area contributed by atoms with E-state index in [1.807, 2.05) is 30.5 Å². The predicted molar refractivity (Wildman–Crippen MR) is 188 cm³/mol. The number of hydrogen-bond acceptors (Lipinski definition) is 7. The fraction of sp³-hybridized carbons (Fsp3) is 0.486. The number of hydrogen-bond donors (Lipinski definition) is 3. The number of aromatic hydroxyl groups is 1. The molecule has 5 rings (SSSR count). The van der Waals surface area contributed by atoms with E-state index in [2.05, 4.69) is 37.9 Å². The Hall–Kier alpha value is -3.50. The van der Waals surface area contributed by atoms with Crippen LogP contribution < -0.4 is 10.1 Å². The number of benzene rings is 1. The summed E-state index contributed by atoms with van der Waals surface area (Å²) in [6, 6.07) is 6.62. The Bertz CT molecular complexity index is 1560. The standard InChI is InChI=1S/C37H46N2O6S2/c1-5-6-7-9-24-17-30(40)33(28-16-23(4)11-13-27(28)22(2)3)31(18-24)45-21-46-20-25-12-14-29-34(36(42)39(29)35(25)37(43)44)38-32(41)19-26-10-8-15-47-26/h8,10,15-18,27-29,34,40H,2,5-7,9,11-14,19-21H2,1,3-4H3,(H,38,41)(H,43,44)/t27-,28+,29+,34-/m0/s1. The molecule has 2 aliphatic heterocycles. The molecule has 3 N–H and O–H groups in total. The van der Waals surface area contributed by atoms with Crippen LogP contribution in [0.4, 0.5) is 0 Å². The molecule has 0 bridgehead atoms. The number of phenolic OH excluding ortho intramolecular Hbond substituents is 1. The van der Waals surface area contributed by atoms with Crippen molar-refractivity contribution < 1.29 is 29.3 Å². The number of fused-ring (bicyclic) bond motifs is 1. The van der Waals surface area contributed by atoms with E-state index in [0.29, 0.717) is 29.9 Å². The number of unbranched alkanes of at least 4 members (excludes halogenated alkanes) is 2. The zero-order valence-electron chi connectivity index (χ0n) is 27.5. The van der Waals surface area contributed by atoms with Gasteiger partial charge >= 0.3 is 5.97 Å². The van der Waals surface area contributed by atoms with Gasteiger partial charge in [0.15, 0.2) is 0 Å². The van der Waals surface area contributed by atoms with E-state index >= 15 is 0 Å². The Labute approximate surface area is 286 Å². The van der Waals surface area contributed by atoms with Crippen molar-refractivity contribution in [2.75, 3.05) is 11.7 Å². The lowest BCUT2D eigenvalue weighted by molar-refractivity contribution is -0.155. The molecule has 8 nitrogen and oxygen atoms in total. The highest BCUT2D eigenvalue weighted by molar-refractivity contribution is 7.99. The Balaban J connectivity index is 1.28. The number of thioether (sulfide) groups is 1. The molecule has 3 aliphatic rings. The molecule has 4 atom stereocenters. The molecule has 2 amide bonds. The summed E-state index contributed by atoms with van der Waals surface area (Å²) in [7, 11) is 0. The first-order valence-electron chi connectivity index (χ1n) is 16.6. The Morgan fingerprint density at radius 1 is 1.21 bits per heavy atom. The van der Waals surface area contributed by atoms with Gasteiger partial charge in [-0.15, -0.1) is 23.1 Å². The lowest BCUT2D eigenvalue weighted by Gasteiger charge is -2.50. The monoisotopic (exact) mass is 678 g/mol. The third kappa shape index (κ3) is 7.97. The van der Waals surface area contributed by atoms with Gasteiger partial charge in [-0.25, -0.2) is 4.79 Å². The molecule has 3 heterocycles. The lowest BCUT2D eigenvalue weighted by atomic mass is 9.73. The molecule has 10 heteroatoms. The summed E-state index contributed by atoms with van der Waals surface area (Å²) in [4.78, 5) is 40.3. The number of aryl methyl sites for hydroxylation is 1. The largest absolute Gasteiger partial charge is 0.507 e.